The van der Waals surface area contributed by atoms with E-state index in [0.717, 1.165) is 22.7 Å². The molecule has 0 radical (unpaired) electrons. The molecule has 1 aromatic carbocycles. The topological polar surface area (TPSA) is 50.9 Å². The number of nitrogen functional groups attached to an aromatic ring is 1. The Hall–Kier alpha value is -1.77. The minimum atomic E-state index is 0.505. The van der Waals surface area contributed by atoms with Gasteiger partial charge in [0.05, 0.1) is 0 Å². The molecule has 3 rings (SSSR count). The van der Waals surface area contributed by atoms with Gasteiger partial charge in [0.2, 0.25) is 0 Å². The van der Waals surface area contributed by atoms with Crippen LogP contribution in [0.15, 0.2) is 24.4 Å². The Balaban J connectivity index is 1.89. The number of nitrogens with one attached hydrogen (secondary N) is 1. The van der Waals surface area contributed by atoms with Gasteiger partial charge in [-0.05, 0) is 50.8 Å². The standard InChI is InChI=1S/C18H25N3/c1-12-10-15-16(11-20-12)17(19)8-9-18(15)21-13(2)14-6-4-3-5-7-14/h8-11,13-14,21H,3-7,19H2,1-2H3. The van der Waals surface area contributed by atoms with E-state index in [1.54, 1.807) is 0 Å². The maximum Gasteiger partial charge on any atom is 0.0424 e. The smallest absolute Gasteiger partial charge is 0.0424 e. The third kappa shape index (κ3) is 2.97. The zero-order valence-electron chi connectivity index (χ0n) is 13.0. The van der Waals surface area contributed by atoms with Crippen LogP contribution in [0.3, 0.4) is 0 Å². The van der Waals surface area contributed by atoms with Gasteiger partial charge < -0.3 is 11.1 Å². The van der Waals surface area contributed by atoms with Crippen molar-refractivity contribution in [2.75, 3.05) is 11.1 Å². The molecule has 1 fully saturated rings. The molecule has 1 heterocycles. The molecule has 3 N–H and O–H groups in total. The van der Waals surface area contributed by atoms with Gasteiger partial charge in [0.1, 0.15) is 0 Å². The molecule has 1 atom stereocenters. The predicted molar refractivity (Wildman–Crippen MR) is 90.6 cm³/mol. The first-order valence-corrected chi connectivity index (χ1v) is 8.06. The number of rotatable bonds is 3. The van der Waals surface area contributed by atoms with E-state index in [-0.39, 0.29) is 0 Å². The lowest BCUT2D eigenvalue weighted by Gasteiger charge is -2.29. The highest BCUT2D eigenvalue weighted by Gasteiger charge is 2.20. The number of nitrogens with zero attached hydrogens (tertiary/aromatic N) is 1. The molecule has 1 saturated carbocycles. The number of benzene rings is 1. The van der Waals surface area contributed by atoms with Crippen molar-refractivity contribution in [1.29, 1.82) is 0 Å². The first-order valence-electron chi connectivity index (χ1n) is 8.06. The molecule has 1 aliphatic rings. The largest absolute Gasteiger partial charge is 0.398 e. The van der Waals surface area contributed by atoms with Crippen LogP contribution < -0.4 is 11.1 Å². The monoisotopic (exact) mass is 283 g/mol. The van der Waals surface area contributed by atoms with Crippen molar-refractivity contribution < 1.29 is 0 Å². The third-order valence-corrected chi connectivity index (χ3v) is 4.81. The van der Waals surface area contributed by atoms with Crippen molar-refractivity contribution in [2.24, 2.45) is 5.92 Å². The van der Waals surface area contributed by atoms with Crippen molar-refractivity contribution in [3.05, 3.63) is 30.1 Å². The van der Waals surface area contributed by atoms with Gasteiger partial charge in [0.15, 0.2) is 0 Å². The highest BCUT2D eigenvalue weighted by Crippen LogP contribution is 2.32. The first-order chi connectivity index (χ1) is 10.1. The molecule has 3 nitrogen and oxygen atoms in total. The molecule has 0 saturated heterocycles. The summed E-state index contributed by atoms with van der Waals surface area (Å²) in [6, 6.07) is 6.72. The van der Waals surface area contributed by atoms with Crippen LogP contribution in [-0.4, -0.2) is 11.0 Å². The molecule has 1 aromatic heterocycles. The highest BCUT2D eigenvalue weighted by atomic mass is 14.9. The van der Waals surface area contributed by atoms with Gasteiger partial charge in [-0.2, -0.15) is 0 Å². The van der Waals surface area contributed by atoms with Crippen molar-refractivity contribution in [2.45, 2.75) is 52.0 Å². The first kappa shape index (κ1) is 14.2. The van der Waals surface area contributed by atoms with Crippen molar-refractivity contribution >= 4 is 22.1 Å². The molecule has 0 bridgehead atoms. The molecular formula is C18H25N3. The summed E-state index contributed by atoms with van der Waals surface area (Å²) < 4.78 is 0. The van der Waals surface area contributed by atoms with Crippen LogP contribution in [0.5, 0.6) is 0 Å². The third-order valence-electron chi connectivity index (χ3n) is 4.81. The van der Waals surface area contributed by atoms with E-state index < -0.39 is 0 Å². The fraction of sp³-hybridized carbons (Fsp3) is 0.500. The van der Waals surface area contributed by atoms with E-state index in [4.69, 9.17) is 5.73 Å². The zero-order valence-corrected chi connectivity index (χ0v) is 13.0. The Labute approximate surface area is 127 Å². The second kappa shape index (κ2) is 5.92. The number of hydrogen-bond donors (Lipinski definition) is 2. The van der Waals surface area contributed by atoms with Crippen LogP contribution in [0.1, 0.15) is 44.7 Å². The second-order valence-electron chi connectivity index (χ2n) is 6.40. The van der Waals surface area contributed by atoms with Gasteiger partial charge in [-0.25, -0.2) is 0 Å². The Morgan fingerprint density at radius 2 is 1.95 bits per heavy atom. The number of fused-ring (bicyclic) bond motifs is 1. The fourth-order valence-corrected chi connectivity index (χ4v) is 3.49. The van der Waals surface area contributed by atoms with Gasteiger partial charge in [-0.1, -0.05) is 19.3 Å². The summed E-state index contributed by atoms with van der Waals surface area (Å²) in [6.07, 6.45) is 8.74. The van der Waals surface area contributed by atoms with Crippen molar-refractivity contribution in [3.63, 3.8) is 0 Å². The summed E-state index contributed by atoms with van der Waals surface area (Å²) in [5.74, 6) is 0.786. The molecule has 112 valence electrons. The van der Waals surface area contributed by atoms with Crippen LogP contribution in [-0.2, 0) is 0 Å². The Morgan fingerprint density at radius 1 is 1.19 bits per heavy atom. The second-order valence-corrected chi connectivity index (χ2v) is 6.40. The molecule has 0 aliphatic heterocycles. The van der Waals surface area contributed by atoms with Crippen molar-refractivity contribution in [1.82, 2.24) is 4.98 Å². The number of anilines is 2. The maximum absolute atomic E-state index is 6.08. The highest BCUT2D eigenvalue weighted by molar-refractivity contribution is 6.00. The molecule has 3 heteroatoms. The average Bonchev–Trinajstić information content (AvgIpc) is 2.51. The minimum Gasteiger partial charge on any atom is -0.398 e. The van der Waals surface area contributed by atoms with E-state index in [9.17, 15) is 0 Å². The van der Waals surface area contributed by atoms with E-state index in [1.165, 1.54) is 43.2 Å². The fourth-order valence-electron chi connectivity index (χ4n) is 3.49. The van der Waals surface area contributed by atoms with E-state index in [0.29, 0.717) is 6.04 Å². The van der Waals surface area contributed by atoms with Crippen LogP contribution in [0.2, 0.25) is 0 Å². The van der Waals surface area contributed by atoms with Crippen LogP contribution in [0.25, 0.3) is 10.8 Å². The van der Waals surface area contributed by atoms with Crippen LogP contribution in [0.4, 0.5) is 11.4 Å². The molecular weight excluding hydrogens is 258 g/mol. The Kier molecular flexibility index (Phi) is 4.00. The molecule has 2 aromatic rings. The lowest BCUT2D eigenvalue weighted by Crippen LogP contribution is -2.27. The number of nitrogens with two attached hydrogens (primary N) is 1. The molecule has 1 unspecified atom stereocenters. The van der Waals surface area contributed by atoms with E-state index in [2.05, 4.69) is 29.4 Å². The summed E-state index contributed by atoms with van der Waals surface area (Å²) >= 11 is 0. The van der Waals surface area contributed by atoms with E-state index >= 15 is 0 Å². The van der Waals surface area contributed by atoms with Gasteiger partial charge in [0.25, 0.3) is 0 Å². The number of aryl methyl sites for hydroxylation is 1. The van der Waals surface area contributed by atoms with Crippen LogP contribution in [0, 0.1) is 12.8 Å². The van der Waals surface area contributed by atoms with Gasteiger partial charge in [0, 0.05) is 40.1 Å². The lowest BCUT2D eigenvalue weighted by atomic mass is 9.84. The average molecular weight is 283 g/mol. The number of hydrogen-bond acceptors (Lipinski definition) is 3. The van der Waals surface area contributed by atoms with Gasteiger partial charge in [-0.15, -0.1) is 0 Å². The van der Waals surface area contributed by atoms with E-state index in [1.807, 2.05) is 19.2 Å². The quantitative estimate of drug-likeness (QED) is 0.815. The maximum atomic E-state index is 6.08. The molecule has 1 aliphatic carbocycles. The van der Waals surface area contributed by atoms with Crippen molar-refractivity contribution in [3.8, 4) is 0 Å². The Morgan fingerprint density at radius 3 is 2.71 bits per heavy atom. The zero-order chi connectivity index (χ0) is 14.8. The lowest BCUT2D eigenvalue weighted by molar-refractivity contribution is 0.328. The number of aromatic nitrogens is 1. The van der Waals surface area contributed by atoms with Gasteiger partial charge in [-0.3, -0.25) is 4.98 Å². The summed E-state index contributed by atoms with van der Waals surface area (Å²) in [5, 5.41) is 5.95. The minimum absolute atomic E-state index is 0.505. The summed E-state index contributed by atoms with van der Waals surface area (Å²) in [5.41, 5.74) is 9.09. The molecule has 0 spiro atoms. The van der Waals surface area contributed by atoms with Crippen LogP contribution >= 0.6 is 0 Å². The summed E-state index contributed by atoms with van der Waals surface area (Å²) in [4.78, 5) is 4.37. The molecule has 21 heavy (non-hydrogen) atoms. The SMILES string of the molecule is Cc1cc2c(NC(C)C3CCCCC3)ccc(N)c2cn1. The van der Waals surface area contributed by atoms with Gasteiger partial charge >= 0.3 is 0 Å². The summed E-state index contributed by atoms with van der Waals surface area (Å²) in [7, 11) is 0. The Bertz CT molecular complexity index is 630. The number of pyridine rings is 1. The summed E-state index contributed by atoms with van der Waals surface area (Å²) in [6.45, 7) is 4.34. The molecule has 0 amide bonds. The normalized spacial score (nSPS) is 17.8. The predicted octanol–water partition coefficient (Wildman–Crippen LogP) is 4.51.